The van der Waals surface area contributed by atoms with Gasteiger partial charge in [0.25, 0.3) is 0 Å². The van der Waals surface area contributed by atoms with Crippen LogP contribution in [0.3, 0.4) is 0 Å². The quantitative estimate of drug-likeness (QED) is 0.652. The fourth-order valence-corrected chi connectivity index (χ4v) is 6.63. The molecule has 4 atom stereocenters. The number of nitrogens with zero attached hydrogens (tertiary/aromatic N) is 2. The number of nitrogens with two attached hydrogens (primary N) is 1. The number of carbonyl (C=O) groups excluding carboxylic acids is 2. The van der Waals surface area contributed by atoms with Crippen LogP contribution in [-0.2, 0) is 20.9 Å². The molecule has 0 radical (unpaired) electrons. The molecule has 34 heavy (non-hydrogen) atoms. The lowest BCUT2D eigenvalue weighted by molar-refractivity contribution is -0.140. The Morgan fingerprint density at radius 2 is 1.91 bits per heavy atom. The minimum absolute atomic E-state index is 0.154. The first-order valence-electron chi connectivity index (χ1n) is 12.9. The maximum absolute atomic E-state index is 13.0. The molecule has 1 aromatic rings. The van der Waals surface area contributed by atoms with Crippen LogP contribution in [0.4, 0.5) is 0 Å². The van der Waals surface area contributed by atoms with Crippen molar-refractivity contribution in [2.24, 2.45) is 23.5 Å². The molecule has 0 spiro atoms. The average molecular weight is 490 g/mol. The molecule has 3 unspecified atom stereocenters. The monoisotopic (exact) mass is 489 g/mol. The molecule has 3 aliphatic rings. The molecule has 2 heterocycles. The summed E-state index contributed by atoms with van der Waals surface area (Å²) >= 11 is 6.58. The summed E-state index contributed by atoms with van der Waals surface area (Å²) in [6.45, 7) is 10.9. The van der Waals surface area contributed by atoms with Crippen molar-refractivity contribution in [1.29, 1.82) is 0 Å². The standard InChI is InChI=1S/C27H40ClN3O3/c1-17-16-34-11-8-23(17)25(26(29)32)24-13-22(28)12-21(19(24)3)15-30-9-10-31(18(2)14-30)27(33)20-6-4-5-7-20/h12-13,17-18,20,23,25H,4-11,14-16H2,1-3H3,(H2,29,32)/t17?,18-,23?,25?/m0/s1. The van der Waals surface area contributed by atoms with Gasteiger partial charge < -0.3 is 15.4 Å². The average Bonchev–Trinajstić information content (AvgIpc) is 3.33. The van der Waals surface area contributed by atoms with E-state index in [4.69, 9.17) is 22.1 Å². The van der Waals surface area contributed by atoms with Gasteiger partial charge in [-0.15, -0.1) is 0 Å². The summed E-state index contributed by atoms with van der Waals surface area (Å²) < 4.78 is 5.61. The highest BCUT2D eigenvalue weighted by Crippen LogP contribution is 2.39. The van der Waals surface area contributed by atoms with Gasteiger partial charge in [-0.25, -0.2) is 0 Å². The van der Waals surface area contributed by atoms with Crippen LogP contribution in [0.15, 0.2) is 12.1 Å². The Balaban J connectivity index is 1.50. The third-order valence-electron chi connectivity index (χ3n) is 8.39. The lowest BCUT2D eigenvalue weighted by Crippen LogP contribution is -2.54. The second-order valence-corrected chi connectivity index (χ2v) is 11.2. The lowest BCUT2D eigenvalue weighted by atomic mass is 9.74. The largest absolute Gasteiger partial charge is 0.381 e. The predicted molar refractivity (Wildman–Crippen MR) is 135 cm³/mol. The van der Waals surface area contributed by atoms with E-state index in [1.807, 2.05) is 12.1 Å². The normalized spacial score (nSPS) is 27.6. The summed E-state index contributed by atoms with van der Waals surface area (Å²) in [6, 6.07) is 4.15. The molecule has 0 bridgehead atoms. The molecule has 4 rings (SSSR count). The highest BCUT2D eigenvalue weighted by molar-refractivity contribution is 6.30. The van der Waals surface area contributed by atoms with E-state index in [1.165, 1.54) is 12.8 Å². The van der Waals surface area contributed by atoms with E-state index in [0.29, 0.717) is 24.1 Å². The fourth-order valence-electron chi connectivity index (χ4n) is 6.38. The van der Waals surface area contributed by atoms with Gasteiger partial charge in [-0.2, -0.15) is 0 Å². The topological polar surface area (TPSA) is 75.9 Å². The SMILES string of the molecule is Cc1c(CN2CCN(C(=O)C3CCCC3)[C@@H](C)C2)cc(Cl)cc1C(C(N)=O)C1CCOCC1C. The molecule has 2 N–H and O–H groups in total. The van der Waals surface area contributed by atoms with Crippen LogP contribution in [0.25, 0.3) is 0 Å². The molecular formula is C27H40ClN3O3. The Kier molecular flexibility index (Phi) is 8.21. The Morgan fingerprint density at radius 3 is 2.56 bits per heavy atom. The third kappa shape index (κ3) is 5.44. The predicted octanol–water partition coefficient (Wildman–Crippen LogP) is 4.11. The van der Waals surface area contributed by atoms with E-state index in [-0.39, 0.29) is 35.6 Å². The maximum Gasteiger partial charge on any atom is 0.226 e. The molecular weight excluding hydrogens is 450 g/mol. The second-order valence-electron chi connectivity index (χ2n) is 10.8. The number of piperazine rings is 1. The van der Waals surface area contributed by atoms with Crippen LogP contribution in [0.5, 0.6) is 0 Å². The Hall–Kier alpha value is -1.63. The molecule has 188 valence electrons. The third-order valence-corrected chi connectivity index (χ3v) is 8.61. The van der Waals surface area contributed by atoms with Gasteiger partial charge in [0.1, 0.15) is 0 Å². The molecule has 2 saturated heterocycles. The van der Waals surface area contributed by atoms with Crippen molar-refractivity contribution in [2.75, 3.05) is 32.8 Å². The van der Waals surface area contributed by atoms with Crippen LogP contribution in [0, 0.1) is 24.7 Å². The van der Waals surface area contributed by atoms with Crippen molar-refractivity contribution in [3.05, 3.63) is 33.8 Å². The molecule has 3 fully saturated rings. The highest BCUT2D eigenvalue weighted by Gasteiger charge is 2.36. The zero-order chi connectivity index (χ0) is 24.4. The summed E-state index contributed by atoms with van der Waals surface area (Å²) in [5.74, 6) is 0.338. The minimum atomic E-state index is -0.365. The van der Waals surface area contributed by atoms with E-state index in [2.05, 4.69) is 30.6 Å². The summed E-state index contributed by atoms with van der Waals surface area (Å²) in [5, 5.41) is 0.643. The van der Waals surface area contributed by atoms with Gasteiger partial charge in [0, 0.05) is 56.4 Å². The van der Waals surface area contributed by atoms with E-state index < -0.39 is 0 Å². The van der Waals surface area contributed by atoms with Crippen molar-refractivity contribution >= 4 is 23.4 Å². The van der Waals surface area contributed by atoms with Crippen LogP contribution >= 0.6 is 11.6 Å². The number of benzene rings is 1. The molecule has 6 nitrogen and oxygen atoms in total. The van der Waals surface area contributed by atoms with E-state index in [9.17, 15) is 9.59 Å². The number of hydrogen-bond donors (Lipinski definition) is 1. The van der Waals surface area contributed by atoms with Crippen LogP contribution in [0.2, 0.25) is 5.02 Å². The fraction of sp³-hybridized carbons (Fsp3) is 0.704. The van der Waals surface area contributed by atoms with Gasteiger partial charge in [-0.1, -0.05) is 31.4 Å². The second kappa shape index (κ2) is 11.0. The Bertz CT molecular complexity index is 901. The van der Waals surface area contributed by atoms with Crippen molar-refractivity contribution in [2.45, 2.75) is 71.4 Å². The van der Waals surface area contributed by atoms with Gasteiger partial charge in [-0.3, -0.25) is 14.5 Å². The first kappa shape index (κ1) is 25.5. The van der Waals surface area contributed by atoms with E-state index in [1.54, 1.807) is 0 Å². The minimum Gasteiger partial charge on any atom is -0.381 e. The smallest absolute Gasteiger partial charge is 0.226 e. The molecule has 1 aromatic carbocycles. The molecule has 7 heteroatoms. The van der Waals surface area contributed by atoms with E-state index >= 15 is 0 Å². The lowest BCUT2D eigenvalue weighted by Gasteiger charge is -2.41. The van der Waals surface area contributed by atoms with Gasteiger partial charge in [0.2, 0.25) is 11.8 Å². The Labute approximate surface area is 209 Å². The highest BCUT2D eigenvalue weighted by atomic mass is 35.5. The zero-order valence-corrected chi connectivity index (χ0v) is 21.7. The van der Waals surface area contributed by atoms with Crippen LogP contribution in [-0.4, -0.2) is 60.5 Å². The van der Waals surface area contributed by atoms with Crippen molar-refractivity contribution in [3.8, 4) is 0 Å². The molecule has 2 amide bonds. The van der Waals surface area contributed by atoms with Crippen molar-refractivity contribution in [1.82, 2.24) is 9.80 Å². The first-order chi connectivity index (χ1) is 16.3. The number of halogens is 1. The van der Waals surface area contributed by atoms with Gasteiger partial charge >= 0.3 is 0 Å². The zero-order valence-electron chi connectivity index (χ0n) is 20.9. The maximum atomic E-state index is 13.0. The van der Waals surface area contributed by atoms with Crippen LogP contribution in [0.1, 0.15) is 68.6 Å². The summed E-state index contributed by atoms with van der Waals surface area (Å²) in [6.07, 6.45) is 5.27. The number of rotatable bonds is 6. The summed E-state index contributed by atoms with van der Waals surface area (Å²) in [4.78, 5) is 30.1. The Morgan fingerprint density at radius 1 is 1.18 bits per heavy atom. The molecule has 1 saturated carbocycles. The number of carbonyl (C=O) groups is 2. The van der Waals surface area contributed by atoms with Crippen molar-refractivity contribution in [3.63, 3.8) is 0 Å². The number of primary amides is 1. The molecule has 2 aliphatic heterocycles. The van der Waals surface area contributed by atoms with Crippen molar-refractivity contribution < 1.29 is 14.3 Å². The van der Waals surface area contributed by atoms with E-state index in [0.717, 1.165) is 62.1 Å². The van der Waals surface area contributed by atoms with Gasteiger partial charge in [0.05, 0.1) is 5.92 Å². The number of hydrogen-bond acceptors (Lipinski definition) is 4. The molecule has 1 aliphatic carbocycles. The summed E-state index contributed by atoms with van der Waals surface area (Å²) in [7, 11) is 0. The van der Waals surface area contributed by atoms with Gasteiger partial charge in [0.15, 0.2) is 0 Å². The first-order valence-corrected chi connectivity index (χ1v) is 13.3. The van der Waals surface area contributed by atoms with Gasteiger partial charge in [-0.05, 0) is 73.8 Å². The molecule has 0 aromatic heterocycles. The number of ether oxygens (including phenoxy) is 1. The number of amides is 2. The van der Waals surface area contributed by atoms with Crippen LogP contribution < -0.4 is 5.73 Å². The summed E-state index contributed by atoms with van der Waals surface area (Å²) in [5.41, 5.74) is 9.15.